The van der Waals surface area contributed by atoms with Crippen LogP contribution in [0, 0.1) is 12.8 Å². The van der Waals surface area contributed by atoms with E-state index in [9.17, 15) is 9.59 Å². The minimum atomic E-state index is -1.09. The lowest BCUT2D eigenvalue weighted by Gasteiger charge is -2.06. The van der Waals surface area contributed by atoms with Crippen molar-refractivity contribution in [1.82, 2.24) is 0 Å². The molecule has 1 aromatic heterocycles. The molecule has 0 radical (unpaired) electrons. The monoisotopic (exact) mass is 256 g/mol. The zero-order valence-electron chi connectivity index (χ0n) is 10.1. The summed E-state index contributed by atoms with van der Waals surface area (Å²) in [6.07, 6.45) is 0.776. The molecule has 0 atom stereocenters. The van der Waals surface area contributed by atoms with Crippen molar-refractivity contribution in [3.05, 3.63) is 21.4 Å². The molecular weight excluding hydrogens is 240 g/mol. The van der Waals surface area contributed by atoms with Gasteiger partial charge in [0.05, 0.1) is 12.2 Å². The van der Waals surface area contributed by atoms with Crippen LogP contribution in [0.25, 0.3) is 0 Å². The highest BCUT2D eigenvalue weighted by Gasteiger charge is 2.21. The molecule has 0 aliphatic rings. The zero-order valence-corrected chi connectivity index (χ0v) is 11.0. The molecule has 0 bridgehead atoms. The number of aromatic carboxylic acids is 1. The highest BCUT2D eigenvalue weighted by molar-refractivity contribution is 7.14. The van der Waals surface area contributed by atoms with E-state index in [1.165, 1.54) is 6.07 Å². The average Bonchev–Trinajstić information content (AvgIpc) is 2.59. The van der Waals surface area contributed by atoms with Gasteiger partial charge in [-0.25, -0.2) is 9.59 Å². The smallest absolute Gasteiger partial charge is 0.349 e. The molecule has 0 saturated carbocycles. The molecule has 0 spiro atoms. The number of rotatable bonds is 5. The van der Waals surface area contributed by atoms with E-state index < -0.39 is 11.9 Å². The molecular formula is C12H16O4S. The largest absolute Gasteiger partial charge is 0.478 e. The van der Waals surface area contributed by atoms with Gasteiger partial charge in [0, 0.05) is 4.88 Å². The van der Waals surface area contributed by atoms with Crippen molar-refractivity contribution >= 4 is 23.3 Å². The van der Waals surface area contributed by atoms with Gasteiger partial charge >= 0.3 is 11.9 Å². The summed E-state index contributed by atoms with van der Waals surface area (Å²) in [5, 5.41) is 8.94. The number of carboxylic acid groups (broad SMARTS) is 1. The second-order valence-corrected chi connectivity index (χ2v) is 5.48. The third-order valence-electron chi connectivity index (χ3n) is 2.20. The molecule has 1 N–H and O–H groups in total. The maximum absolute atomic E-state index is 11.7. The zero-order chi connectivity index (χ0) is 13.0. The Morgan fingerprint density at radius 3 is 2.65 bits per heavy atom. The van der Waals surface area contributed by atoms with E-state index in [-0.39, 0.29) is 10.4 Å². The van der Waals surface area contributed by atoms with Crippen molar-refractivity contribution in [3.63, 3.8) is 0 Å². The van der Waals surface area contributed by atoms with E-state index in [2.05, 4.69) is 0 Å². The number of ether oxygens (including phenoxy) is 1. The Kier molecular flexibility index (Phi) is 4.69. The van der Waals surface area contributed by atoms with Crippen LogP contribution in [0.2, 0.25) is 0 Å². The number of carboxylic acids is 1. The van der Waals surface area contributed by atoms with E-state index in [4.69, 9.17) is 9.84 Å². The summed E-state index contributed by atoms with van der Waals surface area (Å²) in [6.45, 7) is 6.16. The van der Waals surface area contributed by atoms with Gasteiger partial charge in [0.2, 0.25) is 0 Å². The Morgan fingerprint density at radius 2 is 2.12 bits per heavy atom. The molecule has 94 valence electrons. The van der Waals surface area contributed by atoms with Crippen LogP contribution in [0.1, 0.15) is 45.2 Å². The quantitative estimate of drug-likeness (QED) is 0.823. The number of esters is 1. The lowest BCUT2D eigenvalue weighted by Crippen LogP contribution is -2.10. The van der Waals surface area contributed by atoms with Crippen LogP contribution in [0.3, 0.4) is 0 Å². The van der Waals surface area contributed by atoms with E-state index in [1.54, 1.807) is 6.92 Å². The molecule has 5 heteroatoms. The van der Waals surface area contributed by atoms with Gasteiger partial charge in [-0.2, -0.15) is 0 Å². The van der Waals surface area contributed by atoms with E-state index in [1.807, 2.05) is 13.8 Å². The molecule has 0 aliphatic heterocycles. The summed E-state index contributed by atoms with van der Waals surface area (Å²) in [5.41, 5.74) is 0.0297. The van der Waals surface area contributed by atoms with Crippen LogP contribution in [0.15, 0.2) is 6.07 Å². The molecule has 0 saturated heterocycles. The first-order valence-electron chi connectivity index (χ1n) is 5.42. The molecule has 0 aromatic carbocycles. The lowest BCUT2D eigenvalue weighted by molar-refractivity contribution is 0.0484. The fourth-order valence-electron chi connectivity index (χ4n) is 1.28. The third kappa shape index (κ3) is 3.85. The average molecular weight is 256 g/mol. The molecule has 0 unspecified atom stereocenters. The second-order valence-electron chi connectivity index (χ2n) is 4.22. The van der Waals surface area contributed by atoms with Gasteiger partial charge in [0.25, 0.3) is 0 Å². The van der Waals surface area contributed by atoms with Crippen molar-refractivity contribution in [2.45, 2.75) is 27.2 Å². The summed E-state index contributed by atoms with van der Waals surface area (Å²) in [5.74, 6) is -1.18. The predicted octanol–water partition coefficient (Wildman–Crippen LogP) is 2.96. The van der Waals surface area contributed by atoms with Crippen LogP contribution in [-0.4, -0.2) is 23.7 Å². The van der Waals surface area contributed by atoms with Crippen molar-refractivity contribution in [2.24, 2.45) is 5.92 Å². The van der Waals surface area contributed by atoms with Crippen LogP contribution < -0.4 is 0 Å². The van der Waals surface area contributed by atoms with E-state index in [0.29, 0.717) is 12.5 Å². The van der Waals surface area contributed by atoms with E-state index >= 15 is 0 Å². The van der Waals surface area contributed by atoms with Crippen LogP contribution in [-0.2, 0) is 4.74 Å². The molecule has 0 aliphatic carbocycles. The van der Waals surface area contributed by atoms with Crippen molar-refractivity contribution < 1.29 is 19.4 Å². The van der Waals surface area contributed by atoms with Gasteiger partial charge in [0.1, 0.15) is 4.88 Å². The number of hydrogen-bond acceptors (Lipinski definition) is 4. The molecule has 0 amide bonds. The molecule has 0 fully saturated rings. The van der Waals surface area contributed by atoms with Gasteiger partial charge in [-0.1, -0.05) is 13.8 Å². The van der Waals surface area contributed by atoms with Crippen molar-refractivity contribution in [2.75, 3.05) is 6.61 Å². The summed E-state index contributed by atoms with van der Waals surface area (Å²) < 4.78 is 5.05. The molecule has 4 nitrogen and oxygen atoms in total. The number of hydrogen-bond donors (Lipinski definition) is 1. The first-order valence-corrected chi connectivity index (χ1v) is 6.24. The number of thiophene rings is 1. The van der Waals surface area contributed by atoms with E-state index in [0.717, 1.165) is 22.6 Å². The Balaban J connectivity index is 2.71. The van der Waals surface area contributed by atoms with Crippen LogP contribution in [0.4, 0.5) is 0 Å². The minimum Gasteiger partial charge on any atom is -0.478 e. The fourth-order valence-corrected chi connectivity index (χ4v) is 2.17. The Hall–Kier alpha value is -1.36. The Morgan fingerprint density at radius 1 is 1.47 bits per heavy atom. The molecule has 1 aromatic rings. The fraction of sp³-hybridized carbons (Fsp3) is 0.500. The number of carbonyl (C=O) groups excluding carboxylic acids is 1. The summed E-state index contributed by atoms with van der Waals surface area (Å²) >= 11 is 1.15. The van der Waals surface area contributed by atoms with Gasteiger partial charge in [-0.05, 0) is 25.3 Å². The topological polar surface area (TPSA) is 63.6 Å². The van der Waals surface area contributed by atoms with Gasteiger partial charge in [0.15, 0.2) is 0 Å². The van der Waals surface area contributed by atoms with Gasteiger partial charge < -0.3 is 9.84 Å². The molecule has 1 heterocycles. The van der Waals surface area contributed by atoms with Crippen LogP contribution >= 0.6 is 11.3 Å². The SMILES string of the molecule is Cc1cc(C(=O)O)c(C(=O)OCCC(C)C)s1. The minimum absolute atomic E-state index is 0.0297. The second kappa shape index (κ2) is 5.82. The number of carbonyl (C=O) groups is 2. The Bertz CT molecular complexity index is 420. The summed E-state index contributed by atoms with van der Waals surface area (Å²) in [7, 11) is 0. The highest BCUT2D eigenvalue weighted by atomic mass is 32.1. The van der Waals surface area contributed by atoms with Crippen LogP contribution in [0.5, 0.6) is 0 Å². The maximum atomic E-state index is 11.7. The predicted molar refractivity (Wildman–Crippen MR) is 65.8 cm³/mol. The summed E-state index contributed by atoms with van der Waals surface area (Å²) in [4.78, 5) is 23.6. The highest BCUT2D eigenvalue weighted by Crippen LogP contribution is 2.23. The Labute approximate surface area is 104 Å². The van der Waals surface area contributed by atoms with Crippen molar-refractivity contribution in [3.8, 4) is 0 Å². The number of aryl methyl sites for hydroxylation is 1. The third-order valence-corrected chi connectivity index (χ3v) is 3.23. The summed E-state index contributed by atoms with van der Waals surface area (Å²) in [6, 6.07) is 1.49. The molecule has 1 rings (SSSR count). The van der Waals surface area contributed by atoms with Crippen molar-refractivity contribution in [1.29, 1.82) is 0 Å². The maximum Gasteiger partial charge on any atom is 0.349 e. The van der Waals surface area contributed by atoms with Gasteiger partial charge in [-0.15, -0.1) is 11.3 Å². The standard InChI is InChI=1S/C12H16O4S/c1-7(2)4-5-16-12(15)10-9(11(13)14)6-8(3)17-10/h6-7H,4-5H2,1-3H3,(H,13,14). The lowest BCUT2D eigenvalue weighted by atomic mass is 10.1. The normalized spacial score (nSPS) is 10.6. The first kappa shape index (κ1) is 13.7. The molecule has 17 heavy (non-hydrogen) atoms. The van der Waals surface area contributed by atoms with Gasteiger partial charge in [-0.3, -0.25) is 0 Å². The first-order chi connectivity index (χ1) is 7.91.